The van der Waals surface area contributed by atoms with Crippen molar-refractivity contribution in [2.24, 2.45) is 10.7 Å². The van der Waals surface area contributed by atoms with E-state index in [1.165, 1.54) is 5.56 Å². The maximum atomic E-state index is 11.7. The summed E-state index contributed by atoms with van der Waals surface area (Å²) in [4.78, 5) is 16.0. The van der Waals surface area contributed by atoms with E-state index in [1.807, 2.05) is 30.3 Å². The fourth-order valence-electron chi connectivity index (χ4n) is 2.48. The maximum absolute atomic E-state index is 11.7. The van der Waals surface area contributed by atoms with Gasteiger partial charge in [0.05, 0.1) is 0 Å². The van der Waals surface area contributed by atoms with Crippen LogP contribution in [-0.2, 0) is 6.42 Å². The number of carbonyl (C=O) groups excluding carboxylic acids is 1. The highest BCUT2D eigenvalue weighted by atomic mass is 16.1. The fourth-order valence-corrected chi connectivity index (χ4v) is 2.48. The zero-order valence-corrected chi connectivity index (χ0v) is 15.0. The van der Waals surface area contributed by atoms with Crippen LogP contribution in [0.1, 0.15) is 41.3 Å². The fraction of sp³-hybridized carbons (Fsp3) is 0.300. The largest absolute Gasteiger partial charge is 0.370 e. The molecule has 0 aliphatic carbocycles. The molecule has 0 bridgehead atoms. The number of hydrogen-bond acceptors (Lipinski definition) is 2. The minimum Gasteiger partial charge on any atom is -0.370 e. The number of benzene rings is 2. The van der Waals surface area contributed by atoms with Crippen LogP contribution in [0.3, 0.4) is 0 Å². The molecule has 1 amide bonds. The summed E-state index contributed by atoms with van der Waals surface area (Å²) < 4.78 is 0. The van der Waals surface area contributed by atoms with E-state index >= 15 is 0 Å². The topological polar surface area (TPSA) is 79.5 Å². The van der Waals surface area contributed by atoms with Crippen LogP contribution >= 0.6 is 0 Å². The average molecular weight is 338 g/mol. The van der Waals surface area contributed by atoms with Gasteiger partial charge in [-0.1, -0.05) is 38.1 Å². The Kier molecular flexibility index (Phi) is 6.57. The van der Waals surface area contributed by atoms with E-state index in [-0.39, 0.29) is 5.91 Å². The van der Waals surface area contributed by atoms with E-state index in [0.29, 0.717) is 24.0 Å². The number of nitrogens with one attached hydrogen (secondary N) is 2. The van der Waals surface area contributed by atoms with Crippen molar-refractivity contribution < 1.29 is 4.79 Å². The van der Waals surface area contributed by atoms with Crippen molar-refractivity contribution in [3.8, 4) is 0 Å². The van der Waals surface area contributed by atoms with Gasteiger partial charge in [0.25, 0.3) is 5.91 Å². The van der Waals surface area contributed by atoms with Gasteiger partial charge in [-0.25, -0.2) is 0 Å². The van der Waals surface area contributed by atoms with Gasteiger partial charge in [-0.15, -0.1) is 0 Å². The first kappa shape index (κ1) is 18.5. The van der Waals surface area contributed by atoms with Crippen LogP contribution in [0.5, 0.6) is 0 Å². The summed E-state index contributed by atoms with van der Waals surface area (Å²) in [5, 5.41) is 5.75. The summed E-state index contributed by atoms with van der Waals surface area (Å²) in [6.07, 6.45) is 0.721. The smallest absolute Gasteiger partial charge is 0.251 e. The minimum atomic E-state index is -0.0865. The molecule has 0 aliphatic heterocycles. The number of rotatable bonds is 6. The molecular formula is C20H26N4O. The molecule has 0 atom stereocenters. The lowest BCUT2D eigenvalue weighted by Gasteiger charge is -2.10. The number of anilines is 1. The highest BCUT2D eigenvalue weighted by Gasteiger charge is 2.04. The Bertz CT molecular complexity index is 753. The summed E-state index contributed by atoms with van der Waals surface area (Å²) in [5.74, 6) is 0.771. The molecule has 0 saturated carbocycles. The lowest BCUT2D eigenvalue weighted by atomic mass is 10.0. The number of nitrogens with zero attached hydrogens (tertiary/aromatic N) is 1. The summed E-state index contributed by atoms with van der Waals surface area (Å²) >= 11 is 0. The molecule has 2 rings (SSSR count). The van der Waals surface area contributed by atoms with Gasteiger partial charge in [-0.3, -0.25) is 9.79 Å². The summed E-state index contributed by atoms with van der Waals surface area (Å²) in [6.45, 7) is 4.87. The van der Waals surface area contributed by atoms with Crippen LogP contribution < -0.4 is 16.4 Å². The second-order valence-corrected chi connectivity index (χ2v) is 6.20. The molecular weight excluding hydrogens is 312 g/mol. The maximum Gasteiger partial charge on any atom is 0.251 e. The lowest BCUT2D eigenvalue weighted by molar-refractivity contribution is 0.0963. The number of aliphatic imine (C=N–C) groups is 1. The molecule has 2 aromatic carbocycles. The van der Waals surface area contributed by atoms with Crippen molar-refractivity contribution in [1.82, 2.24) is 5.32 Å². The van der Waals surface area contributed by atoms with Crippen LogP contribution in [0.15, 0.2) is 53.5 Å². The third kappa shape index (κ3) is 5.64. The average Bonchev–Trinajstić information content (AvgIpc) is 2.61. The predicted molar refractivity (Wildman–Crippen MR) is 104 cm³/mol. The molecule has 0 unspecified atom stereocenters. The summed E-state index contributed by atoms with van der Waals surface area (Å²) in [7, 11) is 1.62. The molecule has 2 aromatic rings. The van der Waals surface area contributed by atoms with E-state index in [4.69, 9.17) is 5.73 Å². The zero-order chi connectivity index (χ0) is 18.2. The summed E-state index contributed by atoms with van der Waals surface area (Å²) in [6, 6.07) is 15.7. The van der Waals surface area contributed by atoms with Crippen LogP contribution in [0.2, 0.25) is 0 Å². The zero-order valence-electron chi connectivity index (χ0n) is 15.0. The van der Waals surface area contributed by atoms with Gasteiger partial charge in [0.2, 0.25) is 0 Å². The number of carbonyl (C=O) groups is 1. The SMILES string of the molecule is CNC(=O)c1cccc(CCN=C(N)Nc2cccc(C(C)C)c2)c1. The first-order chi connectivity index (χ1) is 12.0. The van der Waals surface area contributed by atoms with Gasteiger partial charge in [0, 0.05) is 24.8 Å². The van der Waals surface area contributed by atoms with Gasteiger partial charge in [0.15, 0.2) is 5.96 Å². The van der Waals surface area contributed by atoms with E-state index < -0.39 is 0 Å². The van der Waals surface area contributed by atoms with Crippen molar-refractivity contribution >= 4 is 17.6 Å². The van der Waals surface area contributed by atoms with E-state index in [9.17, 15) is 4.79 Å². The second kappa shape index (κ2) is 8.87. The standard InChI is InChI=1S/C20H26N4O/c1-14(2)16-7-5-9-18(13-16)24-20(21)23-11-10-15-6-4-8-17(12-15)19(25)22-3/h4-9,12-14H,10-11H2,1-3H3,(H,22,25)(H3,21,23,24). The molecule has 4 N–H and O–H groups in total. The lowest BCUT2D eigenvalue weighted by Crippen LogP contribution is -2.23. The van der Waals surface area contributed by atoms with Crippen molar-refractivity contribution in [3.05, 3.63) is 65.2 Å². The predicted octanol–water partition coefficient (Wildman–Crippen LogP) is 3.14. The van der Waals surface area contributed by atoms with Crippen molar-refractivity contribution in [3.63, 3.8) is 0 Å². The number of amides is 1. The highest BCUT2D eigenvalue weighted by Crippen LogP contribution is 2.18. The van der Waals surface area contributed by atoms with Crippen molar-refractivity contribution in [2.75, 3.05) is 18.9 Å². The molecule has 5 nitrogen and oxygen atoms in total. The molecule has 0 fully saturated rings. The highest BCUT2D eigenvalue weighted by molar-refractivity contribution is 5.94. The van der Waals surface area contributed by atoms with Crippen LogP contribution in [0.25, 0.3) is 0 Å². The third-order valence-corrected chi connectivity index (χ3v) is 3.92. The molecule has 0 saturated heterocycles. The monoisotopic (exact) mass is 338 g/mol. The van der Waals surface area contributed by atoms with Crippen LogP contribution in [0.4, 0.5) is 5.69 Å². The minimum absolute atomic E-state index is 0.0865. The second-order valence-electron chi connectivity index (χ2n) is 6.20. The van der Waals surface area contributed by atoms with Gasteiger partial charge in [0.1, 0.15) is 0 Å². The van der Waals surface area contributed by atoms with Crippen LogP contribution in [-0.4, -0.2) is 25.5 Å². The van der Waals surface area contributed by atoms with E-state index in [1.54, 1.807) is 13.1 Å². The Balaban J connectivity index is 1.93. The number of hydrogen-bond donors (Lipinski definition) is 3. The Morgan fingerprint density at radius 3 is 2.64 bits per heavy atom. The molecule has 5 heteroatoms. The molecule has 0 heterocycles. The Hall–Kier alpha value is -2.82. The van der Waals surface area contributed by atoms with Crippen molar-refractivity contribution in [1.29, 1.82) is 0 Å². The molecule has 0 aromatic heterocycles. The van der Waals surface area contributed by atoms with Gasteiger partial charge >= 0.3 is 0 Å². The van der Waals surface area contributed by atoms with Gasteiger partial charge < -0.3 is 16.4 Å². The molecule has 132 valence electrons. The quantitative estimate of drug-likeness (QED) is 0.559. The normalized spacial score (nSPS) is 11.4. The first-order valence-corrected chi connectivity index (χ1v) is 8.47. The van der Waals surface area contributed by atoms with Gasteiger partial charge in [-0.05, 0) is 47.7 Å². The Labute approximate surface area is 149 Å². The summed E-state index contributed by atoms with van der Waals surface area (Å²) in [5.41, 5.74) is 9.87. The van der Waals surface area contributed by atoms with Gasteiger partial charge in [-0.2, -0.15) is 0 Å². The molecule has 0 aliphatic rings. The van der Waals surface area contributed by atoms with Crippen LogP contribution in [0, 0.1) is 0 Å². The third-order valence-electron chi connectivity index (χ3n) is 3.92. The molecule has 0 radical (unpaired) electrons. The molecule has 0 spiro atoms. The Morgan fingerprint density at radius 2 is 1.92 bits per heavy atom. The molecule has 25 heavy (non-hydrogen) atoms. The number of nitrogens with two attached hydrogens (primary N) is 1. The first-order valence-electron chi connectivity index (χ1n) is 8.47. The number of guanidine groups is 1. The Morgan fingerprint density at radius 1 is 1.16 bits per heavy atom. The van der Waals surface area contributed by atoms with E-state index in [0.717, 1.165) is 17.7 Å². The van der Waals surface area contributed by atoms with E-state index in [2.05, 4.69) is 41.6 Å². The van der Waals surface area contributed by atoms with Crippen molar-refractivity contribution in [2.45, 2.75) is 26.2 Å².